The van der Waals surface area contributed by atoms with Crippen molar-refractivity contribution in [2.75, 3.05) is 11.9 Å². The molecule has 1 aromatic carbocycles. The maximum Gasteiger partial charge on any atom is 0.236 e. The van der Waals surface area contributed by atoms with Gasteiger partial charge in [-0.05, 0) is 44.4 Å². The molecule has 1 aromatic rings. The van der Waals surface area contributed by atoms with Gasteiger partial charge in [0.25, 0.3) is 0 Å². The molecule has 3 heteroatoms. The molecule has 0 atom stereocenters. The molecule has 0 saturated heterocycles. The fourth-order valence-electron chi connectivity index (χ4n) is 2.50. The Hall–Kier alpha value is -1.64. The number of carbonyl (C=O) groups excluding carboxylic acids is 2. The molecular formula is C15H19NO2. The number of rotatable bonds is 3. The number of likely N-dealkylation sites (N-methyl/N-ethyl adjacent to an activating group) is 1. The third kappa shape index (κ3) is 1.94. The average Bonchev–Trinajstić information content (AvgIpc) is 2.49. The molecule has 0 radical (unpaired) electrons. The summed E-state index contributed by atoms with van der Waals surface area (Å²) < 4.78 is 0. The highest BCUT2D eigenvalue weighted by Crippen LogP contribution is 2.41. The lowest BCUT2D eigenvalue weighted by Gasteiger charge is -2.16. The van der Waals surface area contributed by atoms with Crippen molar-refractivity contribution >= 4 is 17.4 Å². The summed E-state index contributed by atoms with van der Waals surface area (Å²) in [6.07, 6.45) is 1.31. The van der Waals surface area contributed by atoms with E-state index in [1.807, 2.05) is 33.0 Å². The average molecular weight is 245 g/mol. The lowest BCUT2D eigenvalue weighted by molar-refractivity contribution is -0.121. The third-order valence-corrected chi connectivity index (χ3v) is 3.70. The highest BCUT2D eigenvalue weighted by atomic mass is 16.2. The summed E-state index contributed by atoms with van der Waals surface area (Å²) in [4.78, 5) is 24.9. The van der Waals surface area contributed by atoms with Gasteiger partial charge in [0.2, 0.25) is 5.91 Å². The lowest BCUT2D eigenvalue weighted by atomic mass is 9.85. The SMILES string of the molecule is CC(=O)CCc1ccc2c(c1)C(C)(C)C(=O)N2C. The van der Waals surface area contributed by atoms with E-state index in [1.165, 1.54) is 0 Å². The van der Waals surface area contributed by atoms with Crippen LogP contribution in [-0.4, -0.2) is 18.7 Å². The summed E-state index contributed by atoms with van der Waals surface area (Å²) >= 11 is 0. The monoisotopic (exact) mass is 245 g/mol. The van der Waals surface area contributed by atoms with Crippen molar-refractivity contribution < 1.29 is 9.59 Å². The van der Waals surface area contributed by atoms with E-state index < -0.39 is 5.41 Å². The van der Waals surface area contributed by atoms with E-state index in [1.54, 1.807) is 11.8 Å². The van der Waals surface area contributed by atoms with E-state index in [0.29, 0.717) is 6.42 Å². The van der Waals surface area contributed by atoms with Gasteiger partial charge in [-0.15, -0.1) is 0 Å². The van der Waals surface area contributed by atoms with Crippen LogP contribution in [0.15, 0.2) is 18.2 Å². The topological polar surface area (TPSA) is 37.4 Å². The highest BCUT2D eigenvalue weighted by molar-refractivity contribution is 6.07. The van der Waals surface area contributed by atoms with Crippen molar-refractivity contribution in [3.63, 3.8) is 0 Å². The second-order valence-electron chi connectivity index (χ2n) is 5.54. The van der Waals surface area contributed by atoms with Crippen molar-refractivity contribution in [3.8, 4) is 0 Å². The molecule has 0 aliphatic carbocycles. The first kappa shape index (κ1) is 12.8. The van der Waals surface area contributed by atoms with E-state index in [0.717, 1.165) is 23.2 Å². The van der Waals surface area contributed by atoms with E-state index in [-0.39, 0.29) is 11.7 Å². The smallest absolute Gasteiger partial charge is 0.236 e. The summed E-state index contributed by atoms with van der Waals surface area (Å²) in [6, 6.07) is 6.06. The Morgan fingerprint density at radius 3 is 2.61 bits per heavy atom. The molecular weight excluding hydrogens is 226 g/mol. The summed E-state index contributed by atoms with van der Waals surface area (Å²) in [5, 5.41) is 0. The molecule has 0 spiro atoms. The fourth-order valence-corrected chi connectivity index (χ4v) is 2.50. The van der Waals surface area contributed by atoms with Crippen molar-refractivity contribution in [1.82, 2.24) is 0 Å². The van der Waals surface area contributed by atoms with Crippen LogP contribution in [0.4, 0.5) is 5.69 Å². The maximum absolute atomic E-state index is 12.1. The molecule has 0 N–H and O–H groups in total. The van der Waals surface area contributed by atoms with Crippen molar-refractivity contribution in [1.29, 1.82) is 0 Å². The van der Waals surface area contributed by atoms with Gasteiger partial charge in [0.15, 0.2) is 0 Å². The minimum atomic E-state index is -0.462. The molecule has 0 bridgehead atoms. The van der Waals surface area contributed by atoms with Crippen LogP contribution in [0.5, 0.6) is 0 Å². The van der Waals surface area contributed by atoms with Crippen LogP contribution < -0.4 is 4.90 Å². The Labute approximate surface area is 108 Å². The van der Waals surface area contributed by atoms with Gasteiger partial charge in [-0.3, -0.25) is 4.79 Å². The fraction of sp³-hybridized carbons (Fsp3) is 0.467. The standard InChI is InChI=1S/C15H19NO2/c1-10(17)5-6-11-7-8-13-12(9-11)15(2,3)14(18)16(13)4/h7-9H,5-6H2,1-4H3. The van der Waals surface area contributed by atoms with Gasteiger partial charge >= 0.3 is 0 Å². The first-order valence-corrected chi connectivity index (χ1v) is 6.25. The number of anilines is 1. The van der Waals surface area contributed by atoms with Crippen LogP contribution in [0.1, 0.15) is 38.3 Å². The maximum atomic E-state index is 12.1. The van der Waals surface area contributed by atoms with E-state index in [9.17, 15) is 9.59 Å². The molecule has 0 saturated carbocycles. The normalized spacial score (nSPS) is 16.9. The number of fused-ring (bicyclic) bond motifs is 1. The zero-order valence-electron chi connectivity index (χ0n) is 11.4. The van der Waals surface area contributed by atoms with E-state index in [2.05, 4.69) is 6.07 Å². The second-order valence-corrected chi connectivity index (χ2v) is 5.54. The molecule has 18 heavy (non-hydrogen) atoms. The third-order valence-electron chi connectivity index (χ3n) is 3.70. The number of aryl methyl sites for hydroxylation is 1. The summed E-state index contributed by atoms with van der Waals surface area (Å²) in [5.74, 6) is 0.323. The molecule has 0 fully saturated rings. The minimum Gasteiger partial charge on any atom is -0.314 e. The van der Waals surface area contributed by atoms with Crippen molar-refractivity contribution in [2.24, 2.45) is 0 Å². The predicted octanol–water partition coefficient (Wildman–Crippen LogP) is 2.46. The second kappa shape index (κ2) is 4.23. The Morgan fingerprint density at radius 2 is 2.00 bits per heavy atom. The van der Waals surface area contributed by atoms with Gasteiger partial charge in [-0.1, -0.05) is 12.1 Å². The Morgan fingerprint density at radius 1 is 1.33 bits per heavy atom. The molecule has 2 rings (SSSR count). The van der Waals surface area contributed by atoms with Gasteiger partial charge < -0.3 is 9.69 Å². The number of benzene rings is 1. The van der Waals surface area contributed by atoms with Crippen molar-refractivity contribution in [2.45, 2.75) is 39.0 Å². The van der Waals surface area contributed by atoms with E-state index in [4.69, 9.17) is 0 Å². The van der Waals surface area contributed by atoms with Gasteiger partial charge in [0, 0.05) is 19.2 Å². The first-order valence-electron chi connectivity index (χ1n) is 6.25. The molecule has 3 nitrogen and oxygen atoms in total. The van der Waals surface area contributed by atoms with Crippen LogP contribution in [-0.2, 0) is 21.4 Å². The van der Waals surface area contributed by atoms with Crippen LogP contribution in [0.3, 0.4) is 0 Å². The van der Waals surface area contributed by atoms with Gasteiger partial charge in [-0.2, -0.15) is 0 Å². The summed E-state index contributed by atoms with van der Waals surface area (Å²) in [5.41, 5.74) is 2.71. The van der Waals surface area contributed by atoms with Gasteiger partial charge in [-0.25, -0.2) is 0 Å². The summed E-state index contributed by atoms with van der Waals surface area (Å²) in [6.45, 7) is 5.51. The largest absolute Gasteiger partial charge is 0.314 e. The van der Waals surface area contributed by atoms with Gasteiger partial charge in [0.05, 0.1) is 5.41 Å². The number of nitrogens with zero attached hydrogens (tertiary/aromatic N) is 1. The molecule has 1 aliphatic rings. The number of Topliss-reactive ketones (excluding diaryl/α,β-unsaturated/α-hetero) is 1. The molecule has 1 heterocycles. The Bertz CT molecular complexity index is 517. The molecule has 0 aromatic heterocycles. The number of ketones is 1. The molecule has 96 valence electrons. The van der Waals surface area contributed by atoms with Crippen LogP contribution >= 0.6 is 0 Å². The molecule has 1 aliphatic heterocycles. The first-order chi connectivity index (χ1) is 8.34. The van der Waals surface area contributed by atoms with Crippen LogP contribution in [0, 0.1) is 0 Å². The molecule has 1 amide bonds. The lowest BCUT2D eigenvalue weighted by Crippen LogP contribution is -2.33. The number of amides is 1. The Kier molecular flexibility index (Phi) is 3.01. The minimum absolute atomic E-state index is 0.126. The molecule has 0 unspecified atom stereocenters. The van der Waals surface area contributed by atoms with Crippen molar-refractivity contribution in [3.05, 3.63) is 29.3 Å². The zero-order valence-corrected chi connectivity index (χ0v) is 11.4. The quantitative estimate of drug-likeness (QED) is 0.820. The van der Waals surface area contributed by atoms with Crippen LogP contribution in [0.2, 0.25) is 0 Å². The Balaban J connectivity index is 2.36. The van der Waals surface area contributed by atoms with Crippen LogP contribution in [0.25, 0.3) is 0 Å². The number of hydrogen-bond acceptors (Lipinski definition) is 2. The van der Waals surface area contributed by atoms with E-state index >= 15 is 0 Å². The summed E-state index contributed by atoms with van der Waals surface area (Å²) in [7, 11) is 1.81. The van der Waals surface area contributed by atoms with Gasteiger partial charge in [0.1, 0.15) is 5.78 Å². The number of carbonyl (C=O) groups is 2. The number of hydrogen-bond donors (Lipinski definition) is 0. The zero-order chi connectivity index (χ0) is 13.5. The highest BCUT2D eigenvalue weighted by Gasteiger charge is 2.42. The predicted molar refractivity (Wildman–Crippen MR) is 71.9 cm³/mol.